The monoisotopic (exact) mass is 327 g/mol. The molecule has 1 aromatic carbocycles. The van der Waals surface area contributed by atoms with Crippen LogP contribution in [0.25, 0.3) is 0 Å². The van der Waals surface area contributed by atoms with E-state index >= 15 is 0 Å². The highest BCUT2D eigenvalue weighted by Crippen LogP contribution is 2.16. The Kier molecular flexibility index (Phi) is 5.68. The minimum absolute atomic E-state index is 0.187. The number of ether oxygens (including phenoxy) is 1. The molecule has 0 atom stereocenters. The van der Waals surface area contributed by atoms with Crippen molar-refractivity contribution in [1.29, 1.82) is 0 Å². The van der Waals surface area contributed by atoms with E-state index in [1.54, 1.807) is 23.0 Å². The molecule has 21 heavy (non-hydrogen) atoms. The van der Waals surface area contributed by atoms with E-state index in [9.17, 15) is 8.42 Å². The van der Waals surface area contributed by atoms with Crippen molar-refractivity contribution in [3.63, 3.8) is 0 Å². The van der Waals surface area contributed by atoms with Gasteiger partial charge in [0.1, 0.15) is 12.4 Å². The van der Waals surface area contributed by atoms with Crippen LogP contribution in [0.15, 0.2) is 40.1 Å². The van der Waals surface area contributed by atoms with Crippen LogP contribution < -0.4 is 14.8 Å². The molecule has 0 aliphatic heterocycles. The maximum Gasteiger partial charge on any atom is 0.240 e. The van der Waals surface area contributed by atoms with Crippen LogP contribution in [0, 0.1) is 0 Å². The molecule has 1 aromatic heterocycles. The third kappa shape index (κ3) is 4.78. The topological polar surface area (TPSA) is 80.3 Å². The van der Waals surface area contributed by atoms with Crippen LogP contribution in [0.4, 0.5) is 0 Å². The lowest BCUT2D eigenvalue weighted by atomic mass is 10.3. The lowest BCUT2D eigenvalue weighted by Crippen LogP contribution is -2.23. The van der Waals surface area contributed by atoms with Crippen LogP contribution in [0.1, 0.15) is 5.69 Å². The van der Waals surface area contributed by atoms with Crippen LogP contribution in [0.3, 0.4) is 0 Å². The number of benzene rings is 1. The summed E-state index contributed by atoms with van der Waals surface area (Å²) in [5, 5.41) is 4.77. The molecule has 2 rings (SSSR count). The average Bonchev–Trinajstić information content (AvgIpc) is 3.00. The molecule has 0 spiro atoms. The molecule has 1 heterocycles. The Bertz CT molecular complexity index is 640. The molecule has 0 amide bonds. The number of rotatable bonds is 8. The van der Waals surface area contributed by atoms with Crippen LogP contribution in [0.5, 0.6) is 5.75 Å². The first-order valence-corrected chi connectivity index (χ1v) is 8.78. The maximum absolute atomic E-state index is 12.1. The van der Waals surface area contributed by atoms with Crippen molar-refractivity contribution in [3.8, 4) is 5.75 Å². The van der Waals surface area contributed by atoms with Gasteiger partial charge in [0, 0.05) is 11.9 Å². The molecule has 0 saturated carbocycles. The third-order valence-electron chi connectivity index (χ3n) is 2.68. The third-order valence-corrected chi connectivity index (χ3v) is 4.73. The Morgan fingerprint density at radius 3 is 2.67 bits per heavy atom. The lowest BCUT2D eigenvalue weighted by molar-refractivity contribution is 0.318. The van der Waals surface area contributed by atoms with Gasteiger partial charge in [-0.25, -0.2) is 18.1 Å². The summed E-state index contributed by atoms with van der Waals surface area (Å²) in [7, 11) is -1.69. The summed E-state index contributed by atoms with van der Waals surface area (Å²) in [4.78, 5) is 4.24. The van der Waals surface area contributed by atoms with E-state index in [2.05, 4.69) is 15.0 Å². The number of hydrogen-bond acceptors (Lipinski definition) is 6. The summed E-state index contributed by atoms with van der Waals surface area (Å²) >= 11 is 1.43. The van der Waals surface area contributed by atoms with Gasteiger partial charge in [-0.3, -0.25) is 0 Å². The summed E-state index contributed by atoms with van der Waals surface area (Å²) in [6.45, 7) is 1.45. The van der Waals surface area contributed by atoms with Gasteiger partial charge in [0.25, 0.3) is 0 Å². The number of thiazole rings is 1. The summed E-state index contributed by atoms with van der Waals surface area (Å²) in [6.07, 6.45) is 0. The largest absolute Gasteiger partial charge is 0.492 e. The highest BCUT2D eigenvalue weighted by Gasteiger charge is 2.14. The quantitative estimate of drug-likeness (QED) is 0.713. The Morgan fingerprint density at radius 1 is 1.29 bits per heavy atom. The highest BCUT2D eigenvalue weighted by molar-refractivity contribution is 7.89. The van der Waals surface area contributed by atoms with Gasteiger partial charge < -0.3 is 10.1 Å². The summed E-state index contributed by atoms with van der Waals surface area (Å²) < 4.78 is 32.2. The zero-order valence-electron chi connectivity index (χ0n) is 11.6. The smallest absolute Gasteiger partial charge is 0.240 e. The molecule has 0 unspecified atom stereocenters. The van der Waals surface area contributed by atoms with Gasteiger partial charge in [0.2, 0.25) is 10.0 Å². The van der Waals surface area contributed by atoms with Crippen molar-refractivity contribution in [3.05, 3.63) is 40.8 Å². The molecule has 0 radical (unpaired) electrons. The van der Waals surface area contributed by atoms with Crippen molar-refractivity contribution in [2.24, 2.45) is 0 Å². The van der Waals surface area contributed by atoms with E-state index in [0.717, 1.165) is 6.54 Å². The summed E-state index contributed by atoms with van der Waals surface area (Å²) in [5.74, 6) is 0.642. The van der Waals surface area contributed by atoms with Gasteiger partial charge in [0.15, 0.2) is 0 Å². The second-order valence-corrected chi connectivity index (χ2v) is 6.71. The SMILES string of the molecule is CNCCOc1ccc(S(=O)(=O)NCc2cscn2)cc1. The van der Waals surface area contributed by atoms with Crippen molar-refractivity contribution in [2.45, 2.75) is 11.4 Å². The minimum atomic E-state index is -3.53. The molecule has 6 nitrogen and oxygen atoms in total. The normalized spacial score (nSPS) is 11.5. The fraction of sp³-hybridized carbons (Fsp3) is 0.308. The Hall–Kier alpha value is -1.48. The molecule has 8 heteroatoms. The Balaban J connectivity index is 1.96. The number of likely N-dealkylation sites (N-methyl/N-ethyl adjacent to an activating group) is 1. The lowest BCUT2D eigenvalue weighted by Gasteiger charge is -2.08. The van der Waals surface area contributed by atoms with E-state index in [-0.39, 0.29) is 11.4 Å². The molecule has 0 bridgehead atoms. The van der Waals surface area contributed by atoms with E-state index in [1.807, 2.05) is 7.05 Å². The highest BCUT2D eigenvalue weighted by atomic mass is 32.2. The molecule has 0 saturated heterocycles. The van der Waals surface area contributed by atoms with Gasteiger partial charge in [-0.05, 0) is 31.3 Å². The second kappa shape index (κ2) is 7.51. The van der Waals surface area contributed by atoms with Crippen LogP contribution in [0.2, 0.25) is 0 Å². The molecule has 0 aliphatic carbocycles. The van der Waals surface area contributed by atoms with Crippen molar-refractivity contribution >= 4 is 21.4 Å². The molecule has 2 aromatic rings. The molecule has 114 valence electrons. The van der Waals surface area contributed by atoms with Crippen molar-refractivity contribution < 1.29 is 13.2 Å². The number of aromatic nitrogens is 1. The van der Waals surface area contributed by atoms with Crippen LogP contribution in [-0.4, -0.2) is 33.6 Å². The number of nitrogens with zero attached hydrogens (tertiary/aromatic N) is 1. The fourth-order valence-corrected chi connectivity index (χ4v) is 3.12. The van der Waals surface area contributed by atoms with Gasteiger partial charge in [-0.1, -0.05) is 0 Å². The summed E-state index contributed by atoms with van der Waals surface area (Å²) in [6, 6.07) is 6.34. The van der Waals surface area contributed by atoms with Crippen molar-refractivity contribution in [1.82, 2.24) is 15.0 Å². The van der Waals surface area contributed by atoms with Gasteiger partial charge in [-0.2, -0.15) is 0 Å². The van der Waals surface area contributed by atoms with Gasteiger partial charge >= 0.3 is 0 Å². The van der Waals surface area contributed by atoms with Crippen LogP contribution in [-0.2, 0) is 16.6 Å². The first-order chi connectivity index (χ1) is 10.1. The van der Waals surface area contributed by atoms with E-state index in [1.165, 1.54) is 23.5 Å². The Morgan fingerprint density at radius 2 is 2.05 bits per heavy atom. The predicted molar refractivity (Wildman–Crippen MR) is 82.0 cm³/mol. The fourth-order valence-electron chi connectivity index (χ4n) is 1.56. The molecular formula is C13H17N3O3S2. The molecular weight excluding hydrogens is 310 g/mol. The molecule has 0 aliphatic rings. The maximum atomic E-state index is 12.1. The standard InChI is InChI=1S/C13H17N3O3S2/c1-14-6-7-19-12-2-4-13(5-3-12)21(17,18)16-8-11-9-20-10-15-11/h2-5,9-10,14,16H,6-8H2,1H3. The zero-order valence-corrected chi connectivity index (χ0v) is 13.2. The average molecular weight is 327 g/mol. The van der Waals surface area contributed by atoms with Gasteiger partial charge in [0.05, 0.1) is 22.6 Å². The predicted octanol–water partition coefficient (Wildman–Crippen LogP) is 1.22. The van der Waals surface area contributed by atoms with Crippen LogP contribution >= 0.6 is 11.3 Å². The van der Waals surface area contributed by atoms with Crippen molar-refractivity contribution in [2.75, 3.05) is 20.2 Å². The second-order valence-electron chi connectivity index (χ2n) is 4.23. The number of sulfonamides is 1. The first-order valence-electron chi connectivity index (χ1n) is 6.36. The zero-order chi connectivity index (χ0) is 15.1. The summed E-state index contributed by atoms with van der Waals surface area (Å²) in [5.41, 5.74) is 2.37. The first kappa shape index (κ1) is 15.9. The number of hydrogen-bond donors (Lipinski definition) is 2. The number of nitrogens with one attached hydrogen (secondary N) is 2. The van der Waals surface area contributed by atoms with E-state index in [0.29, 0.717) is 18.1 Å². The molecule has 0 fully saturated rings. The molecule has 2 N–H and O–H groups in total. The Labute approximate surface area is 128 Å². The van der Waals surface area contributed by atoms with E-state index < -0.39 is 10.0 Å². The minimum Gasteiger partial charge on any atom is -0.492 e. The van der Waals surface area contributed by atoms with Gasteiger partial charge in [-0.15, -0.1) is 11.3 Å². The van der Waals surface area contributed by atoms with E-state index in [4.69, 9.17) is 4.74 Å².